The molecule has 0 aromatic heterocycles. The topological polar surface area (TPSA) is 86.3 Å². The smallest absolute Gasteiger partial charge is 0.321 e. The molecule has 0 atom stereocenters. The van der Waals surface area contributed by atoms with Crippen LogP contribution in [0.15, 0.2) is 29.3 Å². The molecule has 8 heteroatoms. The number of ether oxygens (including phenoxy) is 1. The van der Waals surface area contributed by atoms with Gasteiger partial charge in [-0.05, 0) is 50.3 Å². The van der Waals surface area contributed by atoms with Crippen molar-refractivity contribution in [1.82, 2.24) is 15.1 Å². The summed E-state index contributed by atoms with van der Waals surface area (Å²) < 4.78 is 5.14. The molecule has 2 N–H and O–H groups in total. The molecule has 0 saturated carbocycles. The van der Waals surface area contributed by atoms with Gasteiger partial charge in [-0.1, -0.05) is 12.1 Å². The van der Waals surface area contributed by atoms with Crippen LogP contribution in [0, 0.1) is 5.92 Å². The minimum absolute atomic E-state index is 0.0183. The highest BCUT2D eigenvalue weighted by molar-refractivity contribution is 5.89. The third-order valence-corrected chi connectivity index (χ3v) is 5.65. The predicted molar refractivity (Wildman–Crippen MR) is 117 cm³/mol. The number of carbonyl (C=O) groups excluding carboxylic acids is 2. The normalized spacial score (nSPS) is 17.7. The molecular formula is C22H33N5O3. The van der Waals surface area contributed by atoms with Gasteiger partial charge < -0.3 is 25.2 Å². The lowest BCUT2D eigenvalue weighted by Crippen LogP contribution is -2.46. The Morgan fingerprint density at radius 1 is 1.13 bits per heavy atom. The average Bonchev–Trinajstić information content (AvgIpc) is 3.30. The Morgan fingerprint density at radius 3 is 2.53 bits per heavy atom. The second kappa shape index (κ2) is 10.8. The van der Waals surface area contributed by atoms with E-state index in [1.165, 1.54) is 0 Å². The number of hydrogen-bond donors (Lipinski definition) is 2. The molecule has 0 unspecified atom stereocenters. The van der Waals surface area contributed by atoms with Gasteiger partial charge in [0.05, 0.1) is 12.5 Å². The highest BCUT2D eigenvalue weighted by atomic mass is 16.5. The Hall–Kier alpha value is -2.77. The number of esters is 1. The molecule has 2 fully saturated rings. The van der Waals surface area contributed by atoms with Crippen LogP contribution in [0.4, 0.5) is 10.5 Å². The first kappa shape index (κ1) is 21.9. The van der Waals surface area contributed by atoms with Gasteiger partial charge in [-0.25, -0.2) is 4.79 Å². The summed E-state index contributed by atoms with van der Waals surface area (Å²) in [6, 6.07) is 7.84. The second-order valence-electron chi connectivity index (χ2n) is 7.74. The maximum absolute atomic E-state index is 12.3. The fourth-order valence-corrected chi connectivity index (χ4v) is 3.98. The van der Waals surface area contributed by atoms with Crippen molar-refractivity contribution in [3.63, 3.8) is 0 Å². The maximum Gasteiger partial charge on any atom is 0.321 e. The Bertz CT molecular complexity index is 753. The van der Waals surface area contributed by atoms with Crippen molar-refractivity contribution < 1.29 is 14.3 Å². The third-order valence-electron chi connectivity index (χ3n) is 5.65. The fraction of sp³-hybridized carbons (Fsp3) is 0.591. The van der Waals surface area contributed by atoms with E-state index in [2.05, 4.69) is 20.5 Å². The number of piperidine rings is 1. The van der Waals surface area contributed by atoms with Crippen molar-refractivity contribution in [1.29, 1.82) is 0 Å². The predicted octanol–water partition coefficient (Wildman–Crippen LogP) is 2.66. The monoisotopic (exact) mass is 415 g/mol. The summed E-state index contributed by atoms with van der Waals surface area (Å²) in [7, 11) is 1.77. The minimum atomic E-state index is -0.0899. The lowest BCUT2D eigenvalue weighted by molar-refractivity contribution is -0.149. The molecule has 2 heterocycles. The Morgan fingerprint density at radius 2 is 1.87 bits per heavy atom. The van der Waals surface area contributed by atoms with E-state index in [0.717, 1.165) is 69.1 Å². The van der Waals surface area contributed by atoms with E-state index in [4.69, 9.17) is 4.74 Å². The Kier molecular flexibility index (Phi) is 7.93. The summed E-state index contributed by atoms with van der Waals surface area (Å²) >= 11 is 0. The number of nitrogens with one attached hydrogen (secondary N) is 2. The molecule has 8 nitrogen and oxygen atoms in total. The molecule has 164 valence electrons. The lowest BCUT2D eigenvalue weighted by atomic mass is 9.97. The number of guanidine groups is 1. The summed E-state index contributed by atoms with van der Waals surface area (Å²) in [5.74, 6) is 0.715. The van der Waals surface area contributed by atoms with Crippen molar-refractivity contribution in [2.24, 2.45) is 10.9 Å². The summed E-state index contributed by atoms with van der Waals surface area (Å²) in [6.45, 7) is 6.08. The number of benzene rings is 1. The second-order valence-corrected chi connectivity index (χ2v) is 7.74. The molecule has 2 aliphatic heterocycles. The number of rotatable bonds is 5. The highest BCUT2D eigenvalue weighted by Crippen LogP contribution is 2.19. The molecule has 0 aliphatic carbocycles. The number of nitrogens with zero attached hydrogens (tertiary/aromatic N) is 3. The van der Waals surface area contributed by atoms with Crippen LogP contribution < -0.4 is 10.6 Å². The molecule has 2 saturated heterocycles. The van der Waals surface area contributed by atoms with Gasteiger partial charge in [0.25, 0.3) is 0 Å². The van der Waals surface area contributed by atoms with Crippen LogP contribution in [-0.2, 0) is 16.1 Å². The lowest BCUT2D eigenvalue weighted by Gasteiger charge is -2.33. The molecule has 1 aromatic rings. The molecule has 0 spiro atoms. The molecule has 0 radical (unpaired) electrons. The van der Waals surface area contributed by atoms with Gasteiger partial charge in [-0.3, -0.25) is 9.79 Å². The van der Waals surface area contributed by atoms with Gasteiger partial charge in [0, 0.05) is 45.5 Å². The van der Waals surface area contributed by atoms with Crippen LogP contribution in [0.25, 0.3) is 0 Å². The number of aliphatic imine (C=N–C) groups is 1. The number of hydrogen-bond acceptors (Lipinski definition) is 4. The summed E-state index contributed by atoms with van der Waals surface area (Å²) in [6.07, 6.45) is 3.70. The number of anilines is 1. The molecule has 2 aliphatic rings. The van der Waals surface area contributed by atoms with Gasteiger partial charge in [-0.2, -0.15) is 0 Å². The van der Waals surface area contributed by atoms with Crippen LogP contribution in [0.2, 0.25) is 0 Å². The van der Waals surface area contributed by atoms with Gasteiger partial charge in [-0.15, -0.1) is 0 Å². The van der Waals surface area contributed by atoms with E-state index in [-0.39, 0.29) is 17.9 Å². The van der Waals surface area contributed by atoms with E-state index < -0.39 is 0 Å². The van der Waals surface area contributed by atoms with Gasteiger partial charge in [0.2, 0.25) is 0 Å². The van der Waals surface area contributed by atoms with Gasteiger partial charge in [0.15, 0.2) is 5.96 Å². The molecular weight excluding hydrogens is 382 g/mol. The van der Waals surface area contributed by atoms with E-state index >= 15 is 0 Å². The fourth-order valence-electron chi connectivity index (χ4n) is 3.98. The van der Waals surface area contributed by atoms with E-state index in [1.54, 1.807) is 7.05 Å². The van der Waals surface area contributed by atoms with E-state index in [9.17, 15) is 9.59 Å². The first-order valence-electron chi connectivity index (χ1n) is 10.9. The van der Waals surface area contributed by atoms with Crippen molar-refractivity contribution in [2.45, 2.75) is 39.2 Å². The van der Waals surface area contributed by atoms with Crippen molar-refractivity contribution in [3.05, 3.63) is 29.8 Å². The van der Waals surface area contributed by atoms with Crippen LogP contribution in [0.3, 0.4) is 0 Å². The Balaban J connectivity index is 1.49. The maximum atomic E-state index is 12.3. The molecule has 0 bridgehead atoms. The van der Waals surface area contributed by atoms with Crippen LogP contribution >= 0.6 is 0 Å². The molecule has 30 heavy (non-hydrogen) atoms. The molecule has 3 rings (SSSR count). The van der Waals surface area contributed by atoms with Crippen LogP contribution in [0.1, 0.15) is 38.2 Å². The highest BCUT2D eigenvalue weighted by Gasteiger charge is 2.27. The summed E-state index contributed by atoms with van der Waals surface area (Å²) in [5.41, 5.74) is 1.87. The summed E-state index contributed by atoms with van der Waals surface area (Å²) in [4.78, 5) is 32.7. The third kappa shape index (κ3) is 5.87. The van der Waals surface area contributed by atoms with Crippen LogP contribution in [0.5, 0.6) is 0 Å². The average molecular weight is 416 g/mol. The quantitative estimate of drug-likeness (QED) is 0.439. The zero-order valence-electron chi connectivity index (χ0n) is 18.0. The van der Waals surface area contributed by atoms with Crippen molar-refractivity contribution >= 4 is 23.6 Å². The van der Waals surface area contributed by atoms with Crippen molar-refractivity contribution in [3.8, 4) is 0 Å². The first-order valence-corrected chi connectivity index (χ1v) is 10.9. The number of carbonyl (C=O) groups is 2. The summed E-state index contributed by atoms with van der Waals surface area (Å²) in [5, 5.41) is 6.39. The molecule has 1 aromatic carbocycles. The van der Waals surface area contributed by atoms with E-state index in [0.29, 0.717) is 13.2 Å². The zero-order valence-corrected chi connectivity index (χ0v) is 18.0. The number of urea groups is 1. The first-order chi connectivity index (χ1) is 14.6. The minimum Gasteiger partial charge on any atom is -0.466 e. The number of amides is 2. The van der Waals surface area contributed by atoms with E-state index in [1.807, 2.05) is 36.1 Å². The SMILES string of the molecule is CCOC(=O)C1CCN(C(=NC)NCc2cccc(NC(=O)N3CCCC3)c2)CC1. The number of likely N-dealkylation sites (tertiary alicyclic amines) is 2. The largest absolute Gasteiger partial charge is 0.466 e. The van der Waals surface area contributed by atoms with Crippen molar-refractivity contribution in [2.75, 3.05) is 45.2 Å². The molecule has 2 amide bonds. The Labute approximate surface area is 178 Å². The van der Waals surface area contributed by atoms with Gasteiger partial charge >= 0.3 is 12.0 Å². The zero-order chi connectivity index (χ0) is 21.3. The van der Waals surface area contributed by atoms with Gasteiger partial charge in [0.1, 0.15) is 0 Å². The standard InChI is InChI=1S/C22H33N5O3/c1-3-30-20(28)18-9-13-26(14-10-18)21(23-2)24-16-17-7-6-8-19(15-17)25-22(29)27-11-4-5-12-27/h6-8,15,18H,3-5,9-14,16H2,1-2H3,(H,23,24)(H,25,29). The van der Waals surface area contributed by atoms with Crippen LogP contribution in [-0.4, -0.2) is 67.6 Å².